The molecule has 7 heteroatoms. The number of halogens is 1. The summed E-state index contributed by atoms with van der Waals surface area (Å²) in [5.74, 6) is -2.79. The number of rotatable bonds is 3. The molecular weight excluding hydrogens is 403 g/mol. The Kier molecular flexibility index (Phi) is 4.91. The summed E-state index contributed by atoms with van der Waals surface area (Å²) in [4.78, 5) is 37.0. The van der Waals surface area contributed by atoms with Gasteiger partial charge in [-0.25, -0.2) is 4.39 Å². The fraction of sp³-hybridized carbons (Fsp3) is 0.708. The van der Waals surface area contributed by atoms with E-state index in [1.165, 1.54) is 19.1 Å². The Morgan fingerprint density at radius 1 is 1.29 bits per heavy atom. The number of ether oxygens (including phenoxy) is 1. The average Bonchev–Trinajstić information content (AvgIpc) is 2.90. The van der Waals surface area contributed by atoms with Crippen molar-refractivity contribution in [3.05, 3.63) is 23.8 Å². The Morgan fingerprint density at radius 3 is 2.58 bits per heavy atom. The van der Waals surface area contributed by atoms with Gasteiger partial charge in [0.25, 0.3) is 0 Å². The smallest absolute Gasteiger partial charge is 0.303 e. The SMILES string of the molecule is CC(=O)O[C@]1(C(=O)CO)[C@@H](C)C[C@H]2[C@@H]3CCC4=CC(=O)C=C[C@]4(C)[C@@]3(F)[C@@H](O)C[C@]21C. The molecule has 0 spiro atoms. The van der Waals surface area contributed by atoms with Gasteiger partial charge in [0.05, 0.1) is 6.10 Å². The second-order valence-electron chi connectivity index (χ2n) is 10.3. The third-order valence-electron chi connectivity index (χ3n) is 9.04. The highest BCUT2D eigenvalue weighted by atomic mass is 19.1. The van der Waals surface area contributed by atoms with Crippen LogP contribution < -0.4 is 0 Å². The van der Waals surface area contributed by atoms with Crippen LogP contribution in [-0.4, -0.2) is 51.7 Å². The van der Waals surface area contributed by atoms with E-state index >= 15 is 4.39 Å². The molecule has 2 N–H and O–H groups in total. The summed E-state index contributed by atoms with van der Waals surface area (Å²) in [5.41, 5.74) is -5.10. The molecule has 8 atom stereocenters. The van der Waals surface area contributed by atoms with Gasteiger partial charge in [0.15, 0.2) is 17.1 Å². The Morgan fingerprint density at radius 2 is 1.97 bits per heavy atom. The van der Waals surface area contributed by atoms with Gasteiger partial charge in [-0.2, -0.15) is 0 Å². The summed E-state index contributed by atoms with van der Waals surface area (Å²) in [5, 5.41) is 21.1. The number of ketones is 2. The van der Waals surface area contributed by atoms with Crippen molar-refractivity contribution >= 4 is 17.5 Å². The highest BCUT2D eigenvalue weighted by Crippen LogP contribution is 2.71. The molecule has 4 rings (SSSR count). The van der Waals surface area contributed by atoms with Crippen molar-refractivity contribution in [3.63, 3.8) is 0 Å². The van der Waals surface area contributed by atoms with Crippen LogP contribution in [0.15, 0.2) is 23.8 Å². The topological polar surface area (TPSA) is 101 Å². The molecule has 0 aromatic carbocycles. The molecule has 0 aromatic heterocycles. The number of carbonyl (C=O) groups is 3. The molecule has 4 aliphatic rings. The number of aliphatic hydroxyl groups is 2. The fourth-order valence-electron chi connectivity index (χ4n) is 7.74. The van der Waals surface area contributed by atoms with E-state index in [4.69, 9.17) is 4.74 Å². The maximum atomic E-state index is 17.1. The molecule has 0 radical (unpaired) electrons. The highest BCUT2D eigenvalue weighted by molar-refractivity contribution is 6.01. The first-order valence-electron chi connectivity index (χ1n) is 11.0. The molecule has 0 saturated heterocycles. The minimum absolute atomic E-state index is 0.0846. The lowest BCUT2D eigenvalue weighted by Gasteiger charge is -2.62. The van der Waals surface area contributed by atoms with Gasteiger partial charge in [0.1, 0.15) is 6.61 Å². The predicted molar refractivity (Wildman–Crippen MR) is 109 cm³/mol. The minimum atomic E-state index is -2.02. The molecular formula is C24H31FO6. The zero-order chi connectivity index (χ0) is 23.0. The Labute approximate surface area is 181 Å². The van der Waals surface area contributed by atoms with Crippen LogP contribution in [0.25, 0.3) is 0 Å². The van der Waals surface area contributed by atoms with Crippen LogP contribution in [0.5, 0.6) is 0 Å². The number of Topliss-reactive ketones (excluding diaryl/α,β-unsaturated/α-hetero) is 1. The van der Waals surface area contributed by atoms with E-state index in [1.807, 2.05) is 0 Å². The van der Waals surface area contributed by atoms with Crippen LogP contribution in [0.4, 0.5) is 4.39 Å². The summed E-state index contributed by atoms with van der Waals surface area (Å²) >= 11 is 0. The van der Waals surface area contributed by atoms with E-state index in [0.29, 0.717) is 24.8 Å². The van der Waals surface area contributed by atoms with Crippen molar-refractivity contribution in [3.8, 4) is 0 Å². The Bertz CT molecular complexity index is 910. The van der Waals surface area contributed by atoms with Gasteiger partial charge >= 0.3 is 5.97 Å². The van der Waals surface area contributed by atoms with Gasteiger partial charge in [0, 0.05) is 29.6 Å². The van der Waals surface area contributed by atoms with Crippen molar-refractivity contribution in [2.75, 3.05) is 6.61 Å². The van der Waals surface area contributed by atoms with Gasteiger partial charge in [0.2, 0.25) is 5.78 Å². The van der Waals surface area contributed by atoms with Gasteiger partial charge in [-0.3, -0.25) is 14.4 Å². The van der Waals surface area contributed by atoms with Gasteiger partial charge in [-0.15, -0.1) is 0 Å². The number of aliphatic hydroxyl groups excluding tert-OH is 2. The van der Waals surface area contributed by atoms with Crippen LogP contribution in [0, 0.1) is 28.6 Å². The molecule has 0 amide bonds. The number of fused-ring (bicyclic) bond motifs is 5. The van der Waals surface area contributed by atoms with E-state index in [2.05, 4.69) is 0 Å². The van der Waals surface area contributed by atoms with Gasteiger partial charge in [-0.1, -0.05) is 25.5 Å². The summed E-state index contributed by atoms with van der Waals surface area (Å²) in [6, 6.07) is 0. The summed E-state index contributed by atoms with van der Waals surface area (Å²) < 4.78 is 22.8. The second kappa shape index (κ2) is 6.82. The monoisotopic (exact) mass is 434 g/mol. The summed E-state index contributed by atoms with van der Waals surface area (Å²) in [7, 11) is 0. The lowest BCUT2D eigenvalue weighted by atomic mass is 9.44. The summed E-state index contributed by atoms with van der Waals surface area (Å²) in [6.07, 6.45) is 4.29. The van der Waals surface area contributed by atoms with Crippen molar-refractivity contribution < 1.29 is 33.7 Å². The lowest BCUT2D eigenvalue weighted by molar-refractivity contribution is -0.227. The first-order chi connectivity index (χ1) is 14.4. The van der Waals surface area contributed by atoms with Crippen LogP contribution in [0.3, 0.4) is 0 Å². The van der Waals surface area contributed by atoms with E-state index in [-0.39, 0.29) is 18.1 Å². The number of alkyl halides is 1. The molecule has 170 valence electrons. The largest absolute Gasteiger partial charge is 0.450 e. The maximum Gasteiger partial charge on any atom is 0.303 e. The molecule has 4 aliphatic carbocycles. The average molecular weight is 435 g/mol. The van der Waals surface area contributed by atoms with Crippen molar-refractivity contribution in [1.82, 2.24) is 0 Å². The van der Waals surface area contributed by atoms with Crippen LogP contribution >= 0.6 is 0 Å². The molecule has 0 heterocycles. The highest BCUT2D eigenvalue weighted by Gasteiger charge is 2.77. The van der Waals surface area contributed by atoms with Crippen LogP contribution in [0.2, 0.25) is 0 Å². The van der Waals surface area contributed by atoms with E-state index in [9.17, 15) is 24.6 Å². The third-order valence-corrected chi connectivity index (χ3v) is 9.04. The molecule has 6 nitrogen and oxygen atoms in total. The lowest BCUT2D eigenvalue weighted by Crippen LogP contribution is -2.70. The van der Waals surface area contributed by atoms with E-state index < -0.39 is 58.4 Å². The minimum Gasteiger partial charge on any atom is -0.450 e. The zero-order valence-corrected chi connectivity index (χ0v) is 18.5. The van der Waals surface area contributed by atoms with Crippen LogP contribution in [0.1, 0.15) is 53.4 Å². The predicted octanol–water partition coefficient (Wildman–Crippen LogP) is 2.47. The van der Waals surface area contributed by atoms with Crippen molar-refractivity contribution in [2.24, 2.45) is 28.6 Å². The molecule has 3 fully saturated rings. The normalized spacial score (nSPS) is 48.4. The van der Waals surface area contributed by atoms with E-state index in [1.54, 1.807) is 26.8 Å². The number of hydrogen-bond acceptors (Lipinski definition) is 6. The number of carbonyl (C=O) groups excluding carboxylic acids is 3. The molecule has 0 aliphatic heterocycles. The number of esters is 1. The third kappa shape index (κ3) is 2.53. The molecule has 0 unspecified atom stereocenters. The fourth-order valence-corrected chi connectivity index (χ4v) is 7.74. The van der Waals surface area contributed by atoms with Crippen LogP contribution in [-0.2, 0) is 19.1 Å². The van der Waals surface area contributed by atoms with E-state index in [0.717, 1.165) is 0 Å². The second-order valence-corrected chi connectivity index (χ2v) is 10.3. The zero-order valence-electron chi connectivity index (χ0n) is 18.5. The quantitative estimate of drug-likeness (QED) is 0.662. The molecule has 0 bridgehead atoms. The number of hydrogen-bond donors (Lipinski definition) is 2. The Balaban J connectivity index is 1.86. The van der Waals surface area contributed by atoms with Gasteiger partial charge < -0.3 is 14.9 Å². The first kappa shape index (κ1) is 22.3. The van der Waals surface area contributed by atoms with Crippen molar-refractivity contribution in [2.45, 2.75) is 70.8 Å². The standard InChI is InChI=1S/C24H31FO6/c1-13-9-18-17-6-5-15-10-16(28)7-8-21(15,3)23(17,25)19(29)11-22(18,4)24(13,20(30)12-26)31-14(2)27/h7-8,10,13,17-19,26,29H,5-6,9,11-12H2,1-4H3/t13-,17-,18-,19-,21-,22+,23-,24-/m0/s1. The molecule has 3 saturated carbocycles. The first-order valence-corrected chi connectivity index (χ1v) is 11.0. The molecule has 0 aromatic rings. The van der Waals surface area contributed by atoms with Crippen molar-refractivity contribution in [1.29, 1.82) is 0 Å². The molecule has 31 heavy (non-hydrogen) atoms. The van der Waals surface area contributed by atoms with Gasteiger partial charge in [-0.05, 0) is 50.7 Å². The summed E-state index contributed by atoms with van der Waals surface area (Å²) in [6.45, 7) is 5.74. The maximum absolute atomic E-state index is 17.1. The number of allylic oxidation sites excluding steroid dienone is 4. The Hall–Kier alpha value is -1.86.